The molecule has 1 unspecified atom stereocenters. The second-order valence-electron chi connectivity index (χ2n) is 5.11. The largest absolute Gasteiger partial charge is 0.432 e. The third-order valence-electron chi connectivity index (χ3n) is 3.51. The summed E-state index contributed by atoms with van der Waals surface area (Å²) in [5.74, 6) is 0. The first-order valence-electron chi connectivity index (χ1n) is 7.25. The van der Waals surface area contributed by atoms with Crippen LogP contribution in [0, 0.1) is 0 Å². The van der Waals surface area contributed by atoms with Crippen molar-refractivity contribution in [1.29, 1.82) is 0 Å². The molecular formula is C16H22ClN3O. The van der Waals surface area contributed by atoms with Gasteiger partial charge in [-0.05, 0) is 31.5 Å². The van der Waals surface area contributed by atoms with Gasteiger partial charge in [0.15, 0.2) is 0 Å². The highest BCUT2D eigenvalue weighted by molar-refractivity contribution is 6.31. The molecule has 1 aromatic carbocycles. The van der Waals surface area contributed by atoms with Gasteiger partial charge in [0, 0.05) is 18.6 Å². The molecule has 0 amide bonds. The van der Waals surface area contributed by atoms with Crippen LogP contribution in [0.3, 0.4) is 0 Å². The van der Waals surface area contributed by atoms with Gasteiger partial charge in [-0.2, -0.15) is 4.98 Å². The van der Waals surface area contributed by atoms with E-state index in [4.69, 9.17) is 16.0 Å². The van der Waals surface area contributed by atoms with Crippen molar-refractivity contribution in [1.82, 2.24) is 10.3 Å². The third kappa shape index (κ3) is 3.99. The van der Waals surface area contributed by atoms with Crippen LogP contribution in [0.25, 0.3) is 0 Å². The highest BCUT2D eigenvalue weighted by Crippen LogP contribution is 2.29. The molecule has 4 nitrogen and oxygen atoms in total. The molecule has 0 saturated carbocycles. The molecule has 0 bridgehead atoms. The van der Waals surface area contributed by atoms with Crippen LogP contribution in [-0.2, 0) is 6.54 Å². The molecule has 1 aromatic heterocycles. The van der Waals surface area contributed by atoms with Gasteiger partial charge in [-0.1, -0.05) is 36.7 Å². The molecule has 0 aliphatic carbocycles. The highest BCUT2D eigenvalue weighted by atomic mass is 35.5. The average Bonchev–Trinajstić information content (AvgIpc) is 2.95. The fraction of sp³-hybridized carbons (Fsp3) is 0.438. The van der Waals surface area contributed by atoms with E-state index in [1.807, 2.05) is 36.2 Å². The Kier molecular flexibility index (Phi) is 5.65. The van der Waals surface area contributed by atoms with Crippen molar-refractivity contribution >= 4 is 17.6 Å². The third-order valence-corrected chi connectivity index (χ3v) is 3.85. The maximum Gasteiger partial charge on any atom is 0.297 e. The van der Waals surface area contributed by atoms with Crippen molar-refractivity contribution in [3.8, 4) is 0 Å². The van der Waals surface area contributed by atoms with Gasteiger partial charge in [-0.15, -0.1) is 0 Å². The number of oxazole rings is 1. The predicted octanol–water partition coefficient (Wildman–Crippen LogP) is 4.03. The van der Waals surface area contributed by atoms with Gasteiger partial charge in [-0.3, -0.25) is 0 Å². The molecule has 21 heavy (non-hydrogen) atoms. The van der Waals surface area contributed by atoms with E-state index in [0.29, 0.717) is 6.01 Å². The number of nitrogens with zero attached hydrogens (tertiary/aromatic N) is 2. The molecule has 1 heterocycles. The second-order valence-corrected chi connectivity index (χ2v) is 5.51. The van der Waals surface area contributed by atoms with Gasteiger partial charge in [0.25, 0.3) is 6.01 Å². The minimum Gasteiger partial charge on any atom is -0.432 e. The molecule has 0 aliphatic rings. The monoisotopic (exact) mass is 307 g/mol. The summed E-state index contributed by atoms with van der Waals surface area (Å²) in [6, 6.07) is 8.54. The van der Waals surface area contributed by atoms with E-state index in [2.05, 4.69) is 24.1 Å². The average molecular weight is 308 g/mol. The van der Waals surface area contributed by atoms with Crippen LogP contribution < -0.4 is 10.2 Å². The van der Waals surface area contributed by atoms with E-state index in [1.165, 1.54) is 0 Å². The highest BCUT2D eigenvalue weighted by Gasteiger charge is 2.18. The number of anilines is 1. The summed E-state index contributed by atoms with van der Waals surface area (Å²) in [6.07, 6.45) is 2.81. The Hall–Kier alpha value is -1.52. The van der Waals surface area contributed by atoms with Crippen molar-refractivity contribution in [2.24, 2.45) is 0 Å². The summed E-state index contributed by atoms with van der Waals surface area (Å²) >= 11 is 6.25. The van der Waals surface area contributed by atoms with Crippen molar-refractivity contribution < 1.29 is 4.42 Å². The SMILES string of the molecule is CCCNCc1coc(N(C)C(C)c2ccccc2Cl)n1. The van der Waals surface area contributed by atoms with E-state index < -0.39 is 0 Å². The standard InChI is InChI=1S/C16H22ClN3O/c1-4-9-18-10-13-11-21-16(19-13)20(3)12(2)14-7-5-6-8-15(14)17/h5-8,11-12,18H,4,9-10H2,1-3H3. The first kappa shape index (κ1) is 15.9. The van der Waals surface area contributed by atoms with Crippen LogP contribution in [0.2, 0.25) is 5.02 Å². The molecule has 0 aliphatic heterocycles. The molecule has 1 N–H and O–H groups in total. The fourth-order valence-electron chi connectivity index (χ4n) is 2.12. The lowest BCUT2D eigenvalue weighted by Crippen LogP contribution is -2.22. The van der Waals surface area contributed by atoms with Gasteiger partial charge in [0.05, 0.1) is 11.7 Å². The number of hydrogen-bond acceptors (Lipinski definition) is 4. The maximum absolute atomic E-state index is 6.25. The molecule has 0 spiro atoms. The van der Waals surface area contributed by atoms with Crippen molar-refractivity contribution in [2.75, 3.05) is 18.5 Å². The smallest absolute Gasteiger partial charge is 0.297 e. The summed E-state index contributed by atoms with van der Waals surface area (Å²) in [6.45, 7) is 5.93. The Morgan fingerprint density at radius 2 is 2.14 bits per heavy atom. The Morgan fingerprint density at radius 3 is 2.86 bits per heavy atom. The molecule has 2 rings (SSSR count). The first-order chi connectivity index (χ1) is 10.1. The molecule has 5 heteroatoms. The topological polar surface area (TPSA) is 41.3 Å². The van der Waals surface area contributed by atoms with Crippen LogP contribution in [-0.4, -0.2) is 18.6 Å². The molecule has 0 fully saturated rings. The van der Waals surface area contributed by atoms with Crippen molar-refractivity contribution in [3.63, 3.8) is 0 Å². The van der Waals surface area contributed by atoms with Crippen molar-refractivity contribution in [3.05, 3.63) is 46.8 Å². The summed E-state index contributed by atoms with van der Waals surface area (Å²) in [5, 5.41) is 4.07. The lowest BCUT2D eigenvalue weighted by molar-refractivity contribution is 0.525. The van der Waals surface area contributed by atoms with Gasteiger partial charge in [-0.25, -0.2) is 0 Å². The Bertz CT molecular complexity index is 570. The fourth-order valence-corrected chi connectivity index (χ4v) is 2.41. The molecule has 114 valence electrons. The zero-order valence-electron chi connectivity index (χ0n) is 12.8. The zero-order chi connectivity index (χ0) is 15.2. The number of nitrogens with one attached hydrogen (secondary N) is 1. The zero-order valence-corrected chi connectivity index (χ0v) is 13.5. The molecular weight excluding hydrogens is 286 g/mol. The van der Waals surface area contributed by atoms with E-state index >= 15 is 0 Å². The summed E-state index contributed by atoms with van der Waals surface area (Å²) in [7, 11) is 1.96. The van der Waals surface area contributed by atoms with Crippen molar-refractivity contribution in [2.45, 2.75) is 32.9 Å². The van der Waals surface area contributed by atoms with Gasteiger partial charge in [0.1, 0.15) is 6.26 Å². The predicted molar refractivity (Wildman–Crippen MR) is 86.8 cm³/mol. The van der Waals surface area contributed by atoms with Crippen LogP contribution >= 0.6 is 11.6 Å². The Morgan fingerprint density at radius 1 is 1.38 bits per heavy atom. The number of aromatic nitrogens is 1. The van der Waals surface area contributed by atoms with E-state index in [1.54, 1.807) is 6.26 Å². The van der Waals surface area contributed by atoms with Crippen LogP contribution in [0.15, 0.2) is 34.9 Å². The van der Waals surface area contributed by atoms with Crippen LogP contribution in [0.5, 0.6) is 0 Å². The van der Waals surface area contributed by atoms with Crippen LogP contribution in [0.1, 0.15) is 37.6 Å². The van der Waals surface area contributed by atoms with Gasteiger partial charge >= 0.3 is 0 Å². The summed E-state index contributed by atoms with van der Waals surface area (Å²) < 4.78 is 5.57. The molecule has 1 atom stereocenters. The van der Waals surface area contributed by atoms with E-state index in [-0.39, 0.29) is 6.04 Å². The minimum absolute atomic E-state index is 0.0915. The van der Waals surface area contributed by atoms with Gasteiger partial charge < -0.3 is 14.6 Å². The number of rotatable bonds is 7. The second kappa shape index (κ2) is 7.48. The quantitative estimate of drug-likeness (QED) is 0.784. The number of hydrogen-bond donors (Lipinski definition) is 1. The van der Waals surface area contributed by atoms with Gasteiger partial charge in [0.2, 0.25) is 0 Å². The Balaban J connectivity index is 2.06. The lowest BCUT2D eigenvalue weighted by Gasteiger charge is -2.24. The number of halogens is 1. The van der Waals surface area contributed by atoms with Crippen LogP contribution in [0.4, 0.5) is 6.01 Å². The lowest BCUT2D eigenvalue weighted by atomic mass is 10.1. The normalized spacial score (nSPS) is 12.4. The summed E-state index contributed by atoms with van der Waals surface area (Å²) in [5.41, 5.74) is 1.97. The van der Waals surface area contributed by atoms with E-state index in [9.17, 15) is 0 Å². The minimum atomic E-state index is 0.0915. The molecule has 0 radical (unpaired) electrons. The first-order valence-corrected chi connectivity index (χ1v) is 7.63. The number of benzene rings is 1. The Labute approximate surface area is 131 Å². The van der Waals surface area contributed by atoms with E-state index in [0.717, 1.165) is 35.8 Å². The summed E-state index contributed by atoms with van der Waals surface area (Å²) in [4.78, 5) is 6.50. The molecule has 2 aromatic rings. The maximum atomic E-state index is 6.25. The molecule has 0 saturated heterocycles.